The molecule has 1 amide bonds. The van der Waals surface area contributed by atoms with Crippen molar-refractivity contribution in [1.29, 1.82) is 0 Å². The number of aryl methyl sites for hydroxylation is 2. The highest BCUT2D eigenvalue weighted by molar-refractivity contribution is 5.76. The first-order chi connectivity index (χ1) is 9.50. The molecule has 1 aliphatic rings. The van der Waals surface area contributed by atoms with Crippen molar-refractivity contribution in [3.63, 3.8) is 0 Å². The van der Waals surface area contributed by atoms with E-state index in [0.29, 0.717) is 50.5 Å². The zero-order chi connectivity index (χ0) is 14.6. The van der Waals surface area contributed by atoms with Gasteiger partial charge >= 0.3 is 0 Å². The van der Waals surface area contributed by atoms with Crippen LogP contribution in [0.15, 0.2) is 4.52 Å². The third-order valence-electron chi connectivity index (χ3n) is 3.73. The number of aromatic nitrogens is 2. The van der Waals surface area contributed by atoms with Crippen molar-refractivity contribution in [3.05, 3.63) is 11.7 Å². The van der Waals surface area contributed by atoms with E-state index in [1.54, 1.807) is 4.90 Å². The van der Waals surface area contributed by atoms with Crippen LogP contribution < -0.4 is 0 Å². The number of nitrogens with zero attached hydrogens (tertiary/aromatic N) is 3. The Morgan fingerprint density at radius 1 is 1.40 bits per heavy atom. The maximum atomic E-state index is 12.1. The smallest absolute Gasteiger partial charge is 0.227 e. The normalized spacial score (nSPS) is 18.2. The van der Waals surface area contributed by atoms with Crippen LogP contribution >= 0.6 is 0 Å². The van der Waals surface area contributed by atoms with E-state index in [2.05, 4.69) is 17.1 Å². The van der Waals surface area contributed by atoms with E-state index >= 15 is 0 Å². The lowest BCUT2D eigenvalue weighted by Crippen LogP contribution is -2.45. The molecule has 1 N–H and O–H groups in total. The van der Waals surface area contributed by atoms with Gasteiger partial charge in [0.2, 0.25) is 11.8 Å². The minimum atomic E-state index is -0.627. The van der Waals surface area contributed by atoms with Crippen LogP contribution in [0.2, 0.25) is 0 Å². The minimum absolute atomic E-state index is 0.0933. The Balaban J connectivity index is 1.77. The second kappa shape index (κ2) is 6.35. The lowest BCUT2D eigenvalue weighted by Gasteiger charge is -2.35. The van der Waals surface area contributed by atoms with Crippen molar-refractivity contribution in [2.75, 3.05) is 13.1 Å². The van der Waals surface area contributed by atoms with Crippen LogP contribution in [0.1, 0.15) is 51.2 Å². The van der Waals surface area contributed by atoms with Gasteiger partial charge in [0.1, 0.15) is 0 Å². The molecule has 20 heavy (non-hydrogen) atoms. The monoisotopic (exact) mass is 281 g/mol. The Hall–Kier alpha value is -1.43. The van der Waals surface area contributed by atoms with Gasteiger partial charge in [-0.1, -0.05) is 12.1 Å². The summed E-state index contributed by atoms with van der Waals surface area (Å²) in [5.74, 6) is 1.34. The van der Waals surface area contributed by atoms with Crippen molar-refractivity contribution in [3.8, 4) is 0 Å². The summed E-state index contributed by atoms with van der Waals surface area (Å²) < 4.78 is 5.12. The molecule has 1 aromatic rings. The van der Waals surface area contributed by atoms with E-state index in [4.69, 9.17) is 4.52 Å². The van der Waals surface area contributed by atoms with Gasteiger partial charge in [0.25, 0.3) is 0 Å². The van der Waals surface area contributed by atoms with Gasteiger partial charge in [-0.25, -0.2) is 0 Å². The van der Waals surface area contributed by atoms with Crippen molar-refractivity contribution < 1.29 is 14.4 Å². The molecule has 0 saturated carbocycles. The lowest BCUT2D eigenvalue weighted by atomic mass is 9.93. The summed E-state index contributed by atoms with van der Waals surface area (Å²) in [6.45, 7) is 5.13. The van der Waals surface area contributed by atoms with Crippen LogP contribution in [0.3, 0.4) is 0 Å². The number of likely N-dealkylation sites (tertiary alicyclic amines) is 1. The first-order valence-electron chi connectivity index (χ1n) is 7.32. The molecule has 1 fully saturated rings. The van der Waals surface area contributed by atoms with Crippen LogP contribution in [-0.4, -0.2) is 44.7 Å². The lowest BCUT2D eigenvalue weighted by molar-refractivity contribution is -0.134. The molecular weight excluding hydrogens is 258 g/mol. The van der Waals surface area contributed by atoms with E-state index in [1.807, 2.05) is 6.92 Å². The van der Waals surface area contributed by atoms with Gasteiger partial charge in [-0.05, 0) is 26.2 Å². The van der Waals surface area contributed by atoms with Gasteiger partial charge in [0.15, 0.2) is 5.82 Å². The molecule has 0 aromatic carbocycles. The summed E-state index contributed by atoms with van der Waals surface area (Å²) in [5, 5.41) is 13.7. The molecule has 112 valence electrons. The van der Waals surface area contributed by atoms with Crippen molar-refractivity contribution in [2.45, 2.75) is 58.0 Å². The average Bonchev–Trinajstić information content (AvgIpc) is 2.84. The first-order valence-corrected chi connectivity index (χ1v) is 7.32. The standard InChI is InChI=1S/C14H23N3O3/c1-3-4-11-15-12(20-16-11)5-6-13(18)17-9-7-14(2,19)8-10-17/h19H,3-10H2,1-2H3. The van der Waals surface area contributed by atoms with Crippen molar-refractivity contribution in [2.24, 2.45) is 0 Å². The van der Waals surface area contributed by atoms with E-state index in [1.165, 1.54) is 0 Å². The third-order valence-corrected chi connectivity index (χ3v) is 3.73. The Morgan fingerprint density at radius 2 is 2.10 bits per heavy atom. The zero-order valence-corrected chi connectivity index (χ0v) is 12.3. The summed E-state index contributed by atoms with van der Waals surface area (Å²) in [7, 11) is 0. The Morgan fingerprint density at radius 3 is 2.75 bits per heavy atom. The van der Waals surface area contributed by atoms with Gasteiger partial charge in [0, 0.05) is 32.4 Å². The molecular formula is C14H23N3O3. The fourth-order valence-electron chi connectivity index (χ4n) is 2.33. The molecule has 0 unspecified atom stereocenters. The van der Waals surface area contributed by atoms with Gasteiger partial charge < -0.3 is 14.5 Å². The molecule has 1 aliphatic heterocycles. The van der Waals surface area contributed by atoms with E-state index in [-0.39, 0.29) is 5.91 Å². The molecule has 6 heteroatoms. The van der Waals surface area contributed by atoms with Crippen molar-refractivity contribution in [1.82, 2.24) is 15.0 Å². The number of carbonyl (C=O) groups is 1. The van der Waals surface area contributed by atoms with Gasteiger partial charge in [-0.15, -0.1) is 0 Å². The summed E-state index contributed by atoms with van der Waals surface area (Å²) >= 11 is 0. The highest BCUT2D eigenvalue weighted by Gasteiger charge is 2.29. The molecule has 1 aromatic heterocycles. The predicted octanol–water partition coefficient (Wildman–Crippen LogP) is 1.33. The van der Waals surface area contributed by atoms with Crippen LogP contribution in [-0.2, 0) is 17.6 Å². The second-order valence-corrected chi connectivity index (χ2v) is 5.73. The maximum Gasteiger partial charge on any atom is 0.227 e. The molecule has 0 bridgehead atoms. The molecule has 0 aliphatic carbocycles. The number of rotatable bonds is 5. The van der Waals surface area contributed by atoms with E-state index < -0.39 is 5.60 Å². The van der Waals surface area contributed by atoms with Crippen LogP contribution in [0.4, 0.5) is 0 Å². The van der Waals surface area contributed by atoms with Gasteiger partial charge in [-0.3, -0.25) is 4.79 Å². The number of amides is 1. The van der Waals surface area contributed by atoms with Crippen molar-refractivity contribution >= 4 is 5.91 Å². The van der Waals surface area contributed by atoms with Crippen LogP contribution in [0.5, 0.6) is 0 Å². The number of hydrogen-bond donors (Lipinski definition) is 1. The molecule has 0 spiro atoms. The minimum Gasteiger partial charge on any atom is -0.390 e. The Bertz CT molecular complexity index is 446. The Labute approximate surface area is 119 Å². The maximum absolute atomic E-state index is 12.1. The molecule has 2 heterocycles. The summed E-state index contributed by atoms with van der Waals surface area (Å²) in [5.41, 5.74) is -0.627. The highest BCUT2D eigenvalue weighted by Crippen LogP contribution is 2.21. The van der Waals surface area contributed by atoms with Gasteiger partial charge in [0.05, 0.1) is 5.60 Å². The molecule has 6 nitrogen and oxygen atoms in total. The fraction of sp³-hybridized carbons (Fsp3) is 0.786. The molecule has 0 radical (unpaired) electrons. The second-order valence-electron chi connectivity index (χ2n) is 5.73. The molecule has 1 saturated heterocycles. The third kappa shape index (κ3) is 4.03. The number of carbonyl (C=O) groups excluding carboxylic acids is 1. The SMILES string of the molecule is CCCc1noc(CCC(=O)N2CCC(C)(O)CC2)n1. The molecule has 2 rings (SSSR count). The summed E-state index contributed by atoms with van der Waals surface area (Å²) in [4.78, 5) is 18.1. The van der Waals surface area contributed by atoms with Crippen LogP contribution in [0, 0.1) is 0 Å². The van der Waals surface area contributed by atoms with E-state index in [9.17, 15) is 9.90 Å². The fourth-order valence-corrected chi connectivity index (χ4v) is 2.33. The topological polar surface area (TPSA) is 79.5 Å². The van der Waals surface area contributed by atoms with Crippen LogP contribution in [0.25, 0.3) is 0 Å². The highest BCUT2D eigenvalue weighted by atomic mass is 16.5. The predicted molar refractivity (Wildman–Crippen MR) is 73.1 cm³/mol. The number of hydrogen-bond acceptors (Lipinski definition) is 5. The van der Waals surface area contributed by atoms with Gasteiger partial charge in [-0.2, -0.15) is 4.98 Å². The number of piperidine rings is 1. The molecule has 0 atom stereocenters. The van der Waals surface area contributed by atoms with E-state index in [0.717, 1.165) is 12.8 Å². The summed E-state index contributed by atoms with van der Waals surface area (Å²) in [6, 6.07) is 0. The quantitative estimate of drug-likeness (QED) is 0.880. The number of aliphatic hydroxyl groups is 1. The average molecular weight is 281 g/mol. The largest absolute Gasteiger partial charge is 0.390 e. The zero-order valence-electron chi connectivity index (χ0n) is 12.3. The summed E-state index contributed by atoms with van der Waals surface area (Å²) in [6.07, 6.45) is 3.93. The Kier molecular flexibility index (Phi) is 4.75. The first kappa shape index (κ1) is 15.0.